The highest BCUT2D eigenvalue weighted by Crippen LogP contribution is 2.34. The second-order valence-corrected chi connectivity index (χ2v) is 5.49. The fourth-order valence-corrected chi connectivity index (χ4v) is 2.47. The van der Waals surface area contributed by atoms with E-state index in [4.69, 9.17) is 9.47 Å². The van der Waals surface area contributed by atoms with Crippen LogP contribution in [0.3, 0.4) is 0 Å². The van der Waals surface area contributed by atoms with Crippen molar-refractivity contribution in [2.24, 2.45) is 0 Å². The number of carbonyl (C=O) groups is 2. The molecule has 0 atom stereocenters. The third-order valence-corrected chi connectivity index (χ3v) is 3.71. The summed E-state index contributed by atoms with van der Waals surface area (Å²) in [7, 11) is 0. The second kappa shape index (κ2) is 7.72. The molecule has 0 unspecified atom stereocenters. The van der Waals surface area contributed by atoms with Gasteiger partial charge in [0.15, 0.2) is 6.61 Å². The molecule has 0 saturated carbocycles. The molecule has 138 valence electrons. The minimum absolute atomic E-state index is 0.0224. The normalized spacial score (nSPS) is 13.0. The number of aryl methyl sites for hydroxylation is 1. The molecule has 1 aliphatic heterocycles. The van der Waals surface area contributed by atoms with Crippen molar-refractivity contribution in [3.63, 3.8) is 0 Å². The van der Waals surface area contributed by atoms with Gasteiger partial charge >= 0.3 is 6.03 Å². The number of nitrogens with one attached hydrogen (secondary N) is 2. The van der Waals surface area contributed by atoms with Crippen LogP contribution in [-0.4, -0.2) is 48.6 Å². The number of aromatic nitrogens is 2. The van der Waals surface area contributed by atoms with Crippen LogP contribution in [0.1, 0.15) is 12.6 Å². The fourth-order valence-electron chi connectivity index (χ4n) is 2.47. The van der Waals surface area contributed by atoms with Crippen LogP contribution in [0.4, 0.5) is 16.2 Å². The Bertz CT molecular complexity index is 806. The average Bonchev–Trinajstić information content (AvgIpc) is 3.03. The number of likely N-dealkylation sites (N-methyl/N-ethyl adjacent to an activating group) is 1. The van der Waals surface area contributed by atoms with E-state index in [9.17, 15) is 9.59 Å². The molecule has 3 amide bonds. The maximum atomic E-state index is 12.0. The van der Waals surface area contributed by atoms with E-state index >= 15 is 0 Å². The lowest BCUT2D eigenvalue weighted by molar-refractivity contribution is -0.121. The molecule has 2 heterocycles. The Hall–Kier alpha value is -3.30. The van der Waals surface area contributed by atoms with Crippen molar-refractivity contribution in [1.29, 1.82) is 0 Å². The van der Waals surface area contributed by atoms with Crippen molar-refractivity contribution >= 4 is 23.3 Å². The summed E-state index contributed by atoms with van der Waals surface area (Å²) in [5, 5.41) is 12.5. The largest absolute Gasteiger partial charge is 0.482 e. The summed E-state index contributed by atoms with van der Waals surface area (Å²) in [6, 6.07) is 4.75. The summed E-state index contributed by atoms with van der Waals surface area (Å²) in [5.41, 5.74) is 1.73. The Kier molecular flexibility index (Phi) is 5.20. The number of rotatable bonds is 6. The highest BCUT2D eigenvalue weighted by Gasteiger charge is 2.24. The molecule has 0 spiro atoms. The molecule has 1 aromatic carbocycles. The van der Waals surface area contributed by atoms with Crippen LogP contribution >= 0.6 is 0 Å². The van der Waals surface area contributed by atoms with E-state index in [1.165, 1.54) is 0 Å². The number of nitrogens with zero attached hydrogens (tertiary/aromatic N) is 3. The molecule has 2 N–H and O–H groups in total. The quantitative estimate of drug-likeness (QED) is 0.745. The van der Waals surface area contributed by atoms with Crippen LogP contribution < -0.4 is 25.0 Å². The third kappa shape index (κ3) is 3.85. The highest BCUT2D eigenvalue weighted by molar-refractivity contribution is 5.99. The van der Waals surface area contributed by atoms with Gasteiger partial charge in [0, 0.05) is 12.2 Å². The SMILES string of the molecule is CCN1C(=O)COc2ccc(NC(=O)NCCOc3nonc3C)cc21. The predicted molar refractivity (Wildman–Crippen MR) is 91.5 cm³/mol. The molecule has 1 aromatic heterocycles. The lowest BCUT2D eigenvalue weighted by Gasteiger charge is -2.28. The highest BCUT2D eigenvalue weighted by atomic mass is 16.6. The van der Waals surface area contributed by atoms with Crippen molar-refractivity contribution in [1.82, 2.24) is 15.6 Å². The fraction of sp³-hybridized carbons (Fsp3) is 0.375. The van der Waals surface area contributed by atoms with Crippen LogP contribution in [0.15, 0.2) is 22.8 Å². The second-order valence-electron chi connectivity index (χ2n) is 5.49. The van der Waals surface area contributed by atoms with Gasteiger partial charge in [-0.2, -0.15) is 0 Å². The van der Waals surface area contributed by atoms with E-state index in [1.807, 2.05) is 6.92 Å². The van der Waals surface area contributed by atoms with Crippen LogP contribution in [0.25, 0.3) is 0 Å². The summed E-state index contributed by atoms with van der Waals surface area (Å²) in [6.07, 6.45) is 0. The Morgan fingerprint density at radius 1 is 1.38 bits per heavy atom. The number of carbonyl (C=O) groups excluding carboxylic acids is 2. The molecule has 0 aliphatic carbocycles. The first-order valence-electron chi connectivity index (χ1n) is 8.12. The lowest BCUT2D eigenvalue weighted by Crippen LogP contribution is -2.38. The Balaban J connectivity index is 1.52. The van der Waals surface area contributed by atoms with Crippen molar-refractivity contribution in [3.05, 3.63) is 23.9 Å². The van der Waals surface area contributed by atoms with Gasteiger partial charge in [-0.15, -0.1) is 0 Å². The molecule has 0 bridgehead atoms. The van der Waals surface area contributed by atoms with Gasteiger partial charge < -0.3 is 25.0 Å². The maximum Gasteiger partial charge on any atom is 0.319 e. The Morgan fingerprint density at radius 3 is 2.96 bits per heavy atom. The average molecular weight is 361 g/mol. The maximum absolute atomic E-state index is 12.0. The summed E-state index contributed by atoms with van der Waals surface area (Å²) in [5.74, 6) is 0.796. The van der Waals surface area contributed by atoms with Gasteiger partial charge in [0.1, 0.15) is 18.1 Å². The molecule has 10 nitrogen and oxygen atoms in total. The van der Waals surface area contributed by atoms with Crippen LogP contribution in [-0.2, 0) is 4.79 Å². The molecule has 26 heavy (non-hydrogen) atoms. The molecule has 0 radical (unpaired) electrons. The van der Waals surface area contributed by atoms with Crippen molar-refractivity contribution < 1.29 is 23.7 Å². The van der Waals surface area contributed by atoms with E-state index < -0.39 is 6.03 Å². The third-order valence-electron chi connectivity index (χ3n) is 3.71. The molecular weight excluding hydrogens is 342 g/mol. The standard InChI is InChI=1S/C16H19N5O5/c1-3-21-12-8-11(4-5-13(12)25-9-14(21)22)18-16(23)17-6-7-24-15-10(2)19-26-20-15/h4-5,8H,3,6-7,9H2,1-2H3,(H2,17,18,23). The van der Waals surface area contributed by atoms with Gasteiger partial charge in [-0.3, -0.25) is 4.79 Å². The molecule has 0 fully saturated rings. The first kappa shape index (κ1) is 17.5. The van der Waals surface area contributed by atoms with Gasteiger partial charge in [-0.1, -0.05) is 5.16 Å². The minimum atomic E-state index is -0.394. The first-order chi connectivity index (χ1) is 12.6. The van der Waals surface area contributed by atoms with E-state index in [0.717, 1.165) is 0 Å². The number of ether oxygens (including phenoxy) is 2. The zero-order chi connectivity index (χ0) is 18.5. The van der Waals surface area contributed by atoms with Gasteiger partial charge in [0.25, 0.3) is 11.8 Å². The first-order valence-corrected chi connectivity index (χ1v) is 8.12. The van der Waals surface area contributed by atoms with Gasteiger partial charge in [0.2, 0.25) is 0 Å². The molecule has 2 aromatic rings. The Labute approximate surface area is 149 Å². The van der Waals surface area contributed by atoms with Gasteiger partial charge in [-0.05, 0) is 37.2 Å². The van der Waals surface area contributed by atoms with E-state index in [2.05, 4.69) is 25.6 Å². The van der Waals surface area contributed by atoms with Crippen molar-refractivity contribution in [2.75, 3.05) is 36.5 Å². The summed E-state index contributed by atoms with van der Waals surface area (Å²) in [4.78, 5) is 25.5. The van der Waals surface area contributed by atoms with Crippen LogP contribution in [0.2, 0.25) is 0 Å². The minimum Gasteiger partial charge on any atom is -0.482 e. The summed E-state index contributed by atoms with van der Waals surface area (Å²) in [6.45, 7) is 4.62. The molecule has 10 heteroatoms. The summed E-state index contributed by atoms with van der Waals surface area (Å²) >= 11 is 0. The summed E-state index contributed by atoms with van der Waals surface area (Å²) < 4.78 is 15.2. The van der Waals surface area contributed by atoms with Gasteiger partial charge in [-0.25, -0.2) is 9.42 Å². The molecular formula is C16H19N5O5. The number of anilines is 2. The Morgan fingerprint density at radius 2 is 2.23 bits per heavy atom. The predicted octanol–water partition coefficient (Wildman–Crippen LogP) is 1.32. The number of urea groups is 1. The monoisotopic (exact) mass is 361 g/mol. The molecule has 0 saturated heterocycles. The molecule has 1 aliphatic rings. The molecule has 3 rings (SSSR count). The van der Waals surface area contributed by atoms with Crippen LogP contribution in [0.5, 0.6) is 11.6 Å². The van der Waals surface area contributed by atoms with E-state index in [-0.39, 0.29) is 25.7 Å². The van der Waals surface area contributed by atoms with Crippen molar-refractivity contribution in [3.8, 4) is 11.6 Å². The van der Waals surface area contributed by atoms with Crippen molar-refractivity contribution in [2.45, 2.75) is 13.8 Å². The smallest absolute Gasteiger partial charge is 0.319 e. The zero-order valence-corrected chi connectivity index (χ0v) is 14.4. The topological polar surface area (TPSA) is 119 Å². The number of hydrogen-bond acceptors (Lipinski definition) is 7. The number of amides is 3. The van der Waals surface area contributed by atoms with E-state index in [0.29, 0.717) is 35.2 Å². The number of hydrogen-bond donors (Lipinski definition) is 2. The zero-order valence-electron chi connectivity index (χ0n) is 14.4. The lowest BCUT2D eigenvalue weighted by atomic mass is 10.2. The van der Waals surface area contributed by atoms with E-state index in [1.54, 1.807) is 30.0 Å². The van der Waals surface area contributed by atoms with Crippen LogP contribution in [0, 0.1) is 6.92 Å². The number of fused-ring (bicyclic) bond motifs is 1. The number of benzene rings is 1. The van der Waals surface area contributed by atoms with Gasteiger partial charge in [0.05, 0.1) is 12.2 Å².